The maximum atomic E-state index is 13.0. The van der Waals surface area contributed by atoms with E-state index >= 15 is 0 Å². The minimum atomic E-state index is -0.905. The van der Waals surface area contributed by atoms with Gasteiger partial charge in [-0.2, -0.15) is 5.10 Å². The van der Waals surface area contributed by atoms with Gasteiger partial charge in [-0.15, -0.1) is 0 Å². The molecule has 0 aromatic carbocycles. The van der Waals surface area contributed by atoms with Crippen LogP contribution in [-0.4, -0.2) is 57.5 Å². The Hall–Kier alpha value is -1.89. The maximum absolute atomic E-state index is 13.0. The molecule has 1 aliphatic carbocycles. The zero-order valence-corrected chi connectivity index (χ0v) is 14.3. The van der Waals surface area contributed by atoms with Crippen molar-refractivity contribution in [3.8, 4) is 0 Å². The third-order valence-corrected chi connectivity index (χ3v) is 4.44. The van der Waals surface area contributed by atoms with Crippen molar-refractivity contribution in [2.45, 2.75) is 51.7 Å². The van der Waals surface area contributed by atoms with E-state index in [0.717, 1.165) is 25.1 Å². The Labute approximate surface area is 141 Å². The Kier molecular flexibility index (Phi) is 4.89. The molecule has 1 aromatic heterocycles. The average Bonchev–Trinajstić information content (AvgIpc) is 3.27. The molecule has 7 heteroatoms. The fraction of sp³-hybridized carbons (Fsp3) is 0.706. The van der Waals surface area contributed by atoms with Crippen LogP contribution < -0.4 is 0 Å². The number of carboxylic acids is 1. The van der Waals surface area contributed by atoms with Crippen LogP contribution in [0.1, 0.15) is 55.1 Å². The molecule has 24 heavy (non-hydrogen) atoms. The van der Waals surface area contributed by atoms with E-state index in [-0.39, 0.29) is 12.3 Å². The minimum absolute atomic E-state index is 0.0504. The number of carboxylic acid groups (broad SMARTS) is 1. The second kappa shape index (κ2) is 6.93. The van der Waals surface area contributed by atoms with Crippen LogP contribution in [0, 0.1) is 5.92 Å². The molecule has 1 atom stereocenters. The van der Waals surface area contributed by atoms with Crippen LogP contribution in [0.2, 0.25) is 0 Å². The quantitative estimate of drug-likeness (QED) is 0.856. The molecule has 7 nitrogen and oxygen atoms in total. The van der Waals surface area contributed by atoms with Gasteiger partial charge in [0.15, 0.2) is 0 Å². The summed E-state index contributed by atoms with van der Waals surface area (Å²) >= 11 is 0. The van der Waals surface area contributed by atoms with Crippen LogP contribution in [0.25, 0.3) is 0 Å². The van der Waals surface area contributed by atoms with E-state index < -0.39 is 12.1 Å². The molecule has 1 amide bonds. The second-order valence-corrected chi connectivity index (χ2v) is 7.14. The Morgan fingerprint density at radius 3 is 2.79 bits per heavy atom. The first-order chi connectivity index (χ1) is 11.5. The van der Waals surface area contributed by atoms with E-state index in [1.165, 1.54) is 0 Å². The van der Waals surface area contributed by atoms with E-state index in [9.17, 15) is 9.59 Å². The molecular formula is C17H25N3O4. The van der Waals surface area contributed by atoms with Gasteiger partial charge < -0.3 is 14.7 Å². The number of amides is 1. The summed E-state index contributed by atoms with van der Waals surface area (Å²) in [7, 11) is 0. The van der Waals surface area contributed by atoms with Gasteiger partial charge in [-0.05, 0) is 18.8 Å². The molecule has 0 spiro atoms. The maximum Gasteiger partial charge on any atom is 0.306 e. The van der Waals surface area contributed by atoms with Gasteiger partial charge in [0, 0.05) is 25.6 Å². The fourth-order valence-electron chi connectivity index (χ4n) is 3.23. The Bertz CT molecular complexity index is 621. The standard InChI is InChI=1S/C17H25N3O4/c1-11(2)9-20-16(12-3-4-12)14(8-18-20)17(23)19-5-6-24-13(10-19)7-15(21)22/h8,11-13H,3-7,9-10H2,1-2H3,(H,21,22). The number of carbonyl (C=O) groups is 2. The van der Waals surface area contributed by atoms with Gasteiger partial charge in [0.1, 0.15) is 0 Å². The first-order valence-electron chi connectivity index (χ1n) is 8.64. The van der Waals surface area contributed by atoms with Crippen LogP contribution in [0.3, 0.4) is 0 Å². The largest absolute Gasteiger partial charge is 0.481 e. The van der Waals surface area contributed by atoms with E-state index in [1.54, 1.807) is 11.1 Å². The summed E-state index contributed by atoms with van der Waals surface area (Å²) in [5.74, 6) is -0.0574. The molecule has 2 heterocycles. The van der Waals surface area contributed by atoms with Crippen LogP contribution >= 0.6 is 0 Å². The zero-order chi connectivity index (χ0) is 17.3. The van der Waals surface area contributed by atoms with Crippen LogP contribution in [0.4, 0.5) is 0 Å². The highest BCUT2D eigenvalue weighted by atomic mass is 16.5. The summed E-state index contributed by atoms with van der Waals surface area (Å²) in [5, 5.41) is 13.4. The Morgan fingerprint density at radius 1 is 1.42 bits per heavy atom. The predicted molar refractivity (Wildman–Crippen MR) is 86.9 cm³/mol. The SMILES string of the molecule is CC(C)Cn1ncc(C(=O)N2CCOC(CC(=O)O)C2)c1C1CC1. The highest BCUT2D eigenvalue weighted by molar-refractivity contribution is 5.95. The topological polar surface area (TPSA) is 84.7 Å². The first-order valence-corrected chi connectivity index (χ1v) is 8.64. The van der Waals surface area contributed by atoms with Gasteiger partial charge in [0.2, 0.25) is 0 Å². The van der Waals surface area contributed by atoms with Crippen molar-refractivity contribution >= 4 is 11.9 Å². The molecule has 1 saturated heterocycles. The normalized spacial score (nSPS) is 21.3. The third-order valence-electron chi connectivity index (χ3n) is 4.44. The summed E-state index contributed by atoms with van der Waals surface area (Å²) < 4.78 is 7.43. The van der Waals surface area contributed by atoms with Crippen molar-refractivity contribution in [2.24, 2.45) is 5.92 Å². The summed E-state index contributed by atoms with van der Waals surface area (Å²) in [4.78, 5) is 25.5. The highest BCUT2D eigenvalue weighted by Crippen LogP contribution is 2.42. The molecule has 1 aliphatic heterocycles. The lowest BCUT2D eigenvalue weighted by Crippen LogP contribution is -2.46. The summed E-state index contributed by atoms with van der Waals surface area (Å²) in [6, 6.07) is 0. The number of aliphatic carboxylic acids is 1. The van der Waals surface area contributed by atoms with E-state index in [0.29, 0.717) is 37.1 Å². The lowest BCUT2D eigenvalue weighted by Gasteiger charge is -2.32. The fourth-order valence-corrected chi connectivity index (χ4v) is 3.23. The molecule has 2 fully saturated rings. The zero-order valence-electron chi connectivity index (χ0n) is 14.3. The van der Waals surface area contributed by atoms with Crippen molar-refractivity contribution < 1.29 is 19.4 Å². The van der Waals surface area contributed by atoms with Gasteiger partial charge in [-0.3, -0.25) is 14.3 Å². The minimum Gasteiger partial charge on any atom is -0.481 e. The molecule has 1 saturated carbocycles. The number of rotatable bonds is 6. The molecule has 2 aliphatic rings. The Balaban J connectivity index is 1.77. The van der Waals surface area contributed by atoms with Crippen molar-refractivity contribution in [3.63, 3.8) is 0 Å². The molecule has 3 rings (SSSR count). The molecule has 1 N–H and O–H groups in total. The number of ether oxygens (including phenoxy) is 1. The molecule has 0 radical (unpaired) electrons. The average molecular weight is 335 g/mol. The summed E-state index contributed by atoms with van der Waals surface area (Å²) in [5.41, 5.74) is 1.73. The highest BCUT2D eigenvalue weighted by Gasteiger charge is 2.35. The monoisotopic (exact) mass is 335 g/mol. The molecule has 1 aromatic rings. The van der Waals surface area contributed by atoms with E-state index in [4.69, 9.17) is 9.84 Å². The lowest BCUT2D eigenvalue weighted by atomic mass is 10.1. The number of hydrogen-bond donors (Lipinski definition) is 1. The third kappa shape index (κ3) is 3.77. The summed E-state index contributed by atoms with van der Waals surface area (Å²) in [6.45, 7) is 6.28. The van der Waals surface area contributed by atoms with Gasteiger partial charge in [-0.25, -0.2) is 0 Å². The number of morpholine rings is 1. The van der Waals surface area contributed by atoms with Gasteiger partial charge in [-0.1, -0.05) is 13.8 Å². The number of hydrogen-bond acceptors (Lipinski definition) is 4. The van der Waals surface area contributed by atoms with Crippen LogP contribution in [0.15, 0.2) is 6.20 Å². The summed E-state index contributed by atoms with van der Waals surface area (Å²) in [6.07, 6.45) is 3.38. The smallest absolute Gasteiger partial charge is 0.306 e. The van der Waals surface area contributed by atoms with Crippen LogP contribution in [-0.2, 0) is 16.1 Å². The predicted octanol–water partition coefficient (Wildman–Crippen LogP) is 1.73. The first kappa shape index (κ1) is 17.0. The molecule has 0 bridgehead atoms. The second-order valence-electron chi connectivity index (χ2n) is 7.14. The molecular weight excluding hydrogens is 310 g/mol. The van der Waals surface area contributed by atoms with Gasteiger partial charge >= 0.3 is 5.97 Å². The van der Waals surface area contributed by atoms with Crippen molar-refractivity contribution in [2.75, 3.05) is 19.7 Å². The number of nitrogens with zero attached hydrogens (tertiary/aromatic N) is 3. The number of carbonyl (C=O) groups excluding carboxylic acids is 1. The lowest BCUT2D eigenvalue weighted by molar-refractivity contribution is -0.141. The van der Waals surface area contributed by atoms with Crippen molar-refractivity contribution in [3.05, 3.63) is 17.5 Å². The van der Waals surface area contributed by atoms with Crippen LogP contribution in [0.5, 0.6) is 0 Å². The van der Waals surface area contributed by atoms with Crippen molar-refractivity contribution in [1.82, 2.24) is 14.7 Å². The number of aromatic nitrogens is 2. The van der Waals surface area contributed by atoms with E-state index in [1.807, 2.05) is 4.68 Å². The van der Waals surface area contributed by atoms with Gasteiger partial charge in [0.05, 0.1) is 36.6 Å². The molecule has 132 valence electrons. The van der Waals surface area contributed by atoms with E-state index in [2.05, 4.69) is 18.9 Å². The molecule has 1 unspecified atom stereocenters. The van der Waals surface area contributed by atoms with Crippen molar-refractivity contribution in [1.29, 1.82) is 0 Å². The Morgan fingerprint density at radius 2 is 2.17 bits per heavy atom. The van der Waals surface area contributed by atoms with Gasteiger partial charge in [0.25, 0.3) is 5.91 Å².